The first-order valence-corrected chi connectivity index (χ1v) is 8.35. The predicted molar refractivity (Wildman–Crippen MR) is 89.3 cm³/mol. The van der Waals surface area contributed by atoms with Crippen molar-refractivity contribution in [3.05, 3.63) is 53.7 Å². The lowest BCUT2D eigenvalue weighted by Crippen LogP contribution is -2.41. The average Bonchev–Trinajstić information content (AvgIpc) is 2.78. The van der Waals surface area contributed by atoms with Crippen LogP contribution in [0.3, 0.4) is 0 Å². The highest BCUT2D eigenvalue weighted by atomic mass is 16.3. The summed E-state index contributed by atoms with van der Waals surface area (Å²) in [7, 11) is 0. The topological polar surface area (TPSA) is 52.5 Å². The summed E-state index contributed by atoms with van der Waals surface area (Å²) in [4.78, 5) is 4.74. The van der Waals surface area contributed by atoms with Crippen LogP contribution >= 0.6 is 0 Å². The molecule has 0 saturated carbocycles. The van der Waals surface area contributed by atoms with Gasteiger partial charge in [0.05, 0.1) is 6.10 Å². The van der Waals surface area contributed by atoms with Crippen LogP contribution in [-0.4, -0.2) is 52.4 Å². The van der Waals surface area contributed by atoms with E-state index in [1.807, 2.05) is 18.2 Å². The van der Waals surface area contributed by atoms with Gasteiger partial charge in [-0.2, -0.15) is 5.10 Å². The van der Waals surface area contributed by atoms with Crippen LogP contribution in [0.1, 0.15) is 23.7 Å². The summed E-state index contributed by atoms with van der Waals surface area (Å²) < 4.78 is 0. The maximum Gasteiger partial charge on any atom is 0.151 e. The molecule has 1 aliphatic carbocycles. The summed E-state index contributed by atoms with van der Waals surface area (Å²) in [5, 5.41) is 18.9. The second-order valence-electron chi connectivity index (χ2n) is 6.37. The van der Waals surface area contributed by atoms with Gasteiger partial charge in [0.15, 0.2) is 5.82 Å². The Morgan fingerprint density at radius 1 is 1.00 bits per heavy atom. The average molecular weight is 310 g/mol. The number of aromatic nitrogens is 2. The molecule has 0 spiro atoms. The third-order valence-electron chi connectivity index (χ3n) is 5.05. The van der Waals surface area contributed by atoms with Crippen LogP contribution < -0.4 is 4.90 Å². The largest absolute Gasteiger partial charge is 0.387 e. The van der Waals surface area contributed by atoms with Gasteiger partial charge in [-0.15, -0.1) is 5.10 Å². The van der Waals surface area contributed by atoms with Crippen molar-refractivity contribution in [3.8, 4) is 0 Å². The number of aliphatic hydroxyl groups excluding tert-OH is 1. The van der Waals surface area contributed by atoms with Gasteiger partial charge in [0.2, 0.25) is 0 Å². The predicted octanol–water partition coefficient (Wildman–Crippen LogP) is 1.65. The van der Waals surface area contributed by atoms with Crippen molar-refractivity contribution in [2.24, 2.45) is 0 Å². The lowest BCUT2D eigenvalue weighted by molar-refractivity contribution is 0.0647. The Bertz CT molecular complexity index is 663. The van der Waals surface area contributed by atoms with Crippen LogP contribution in [0.25, 0.3) is 0 Å². The summed E-state index contributed by atoms with van der Waals surface area (Å²) >= 11 is 0. The molecule has 2 heterocycles. The van der Waals surface area contributed by atoms with E-state index in [0.717, 1.165) is 50.4 Å². The van der Waals surface area contributed by atoms with Gasteiger partial charge in [0.1, 0.15) is 0 Å². The minimum absolute atomic E-state index is 0.203. The van der Waals surface area contributed by atoms with Gasteiger partial charge in [0.25, 0.3) is 0 Å². The summed E-state index contributed by atoms with van der Waals surface area (Å²) in [6, 6.07) is 12.4. The highest BCUT2D eigenvalue weighted by Crippen LogP contribution is 2.34. The Morgan fingerprint density at radius 2 is 1.91 bits per heavy atom. The molecule has 1 aliphatic heterocycles. The van der Waals surface area contributed by atoms with Crippen molar-refractivity contribution in [1.82, 2.24) is 15.1 Å². The molecule has 1 aromatic carbocycles. The highest BCUT2D eigenvalue weighted by Gasteiger charge is 2.35. The van der Waals surface area contributed by atoms with Gasteiger partial charge in [-0.1, -0.05) is 24.3 Å². The van der Waals surface area contributed by atoms with Crippen LogP contribution in [0.15, 0.2) is 42.6 Å². The fraction of sp³-hybridized carbons (Fsp3) is 0.444. The van der Waals surface area contributed by atoms with E-state index in [2.05, 4.69) is 38.2 Å². The first-order valence-electron chi connectivity index (χ1n) is 8.35. The minimum atomic E-state index is -0.366. The number of rotatable bonds is 2. The Morgan fingerprint density at radius 3 is 2.74 bits per heavy atom. The van der Waals surface area contributed by atoms with Crippen molar-refractivity contribution >= 4 is 5.82 Å². The van der Waals surface area contributed by atoms with Crippen LogP contribution in [0, 0.1) is 0 Å². The number of anilines is 1. The maximum absolute atomic E-state index is 10.7. The van der Waals surface area contributed by atoms with E-state index in [9.17, 15) is 5.11 Å². The van der Waals surface area contributed by atoms with E-state index >= 15 is 0 Å². The number of nitrogens with zero attached hydrogens (tertiary/aromatic N) is 4. The summed E-state index contributed by atoms with van der Waals surface area (Å²) in [5.41, 5.74) is 2.40. The molecular formula is C18H22N4O. The van der Waals surface area contributed by atoms with E-state index < -0.39 is 0 Å². The molecule has 0 amide bonds. The highest BCUT2D eigenvalue weighted by molar-refractivity contribution is 5.37. The molecule has 2 aromatic rings. The van der Waals surface area contributed by atoms with Gasteiger partial charge in [-0.25, -0.2) is 0 Å². The number of hydrogen-bond donors (Lipinski definition) is 1. The lowest BCUT2D eigenvalue weighted by Gasteiger charge is -2.30. The van der Waals surface area contributed by atoms with Crippen molar-refractivity contribution in [3.63, 3.8) is 0 Å². The van der Waals surface area contributed by atoms with Gasteiger partial charge >= 0.3 is 0 Å². The zero-order valence-electron chi connectivity index (χ0n) is 13.2. The Balaban J connectivity index is 1.46. The smallest absolute Gasteiger partial charge is 0.151 e. The van der Waals surface area contributed by atoms with Crippen molar-refractivity contribution < 1.29 is 5.11 Å². The molecule has 5 nitrogen and oxygen atoms in total. The Labute approximate surface area is 136 Å². The molecule has 2 unspecified atom stereocenters. The molecule has 2 aliphatic rings. The van der Waals surface area contributed by atoms with Crippen molar-refractivity contribution in [2.45, 2.75) is 25.0 Å². The molecular weight excluding hydrogens is 288 g/mol. The lowest BCUT2D eigenvalue weighted by atomic mass is 10.1. The monoisotopic (exact) mass is 310 g/mol. The molecule has 1 aromatic heterocycles. The van der Waals surface area contributed by atoms with Crippen LogP contribution in [0.5, 0.6) is 0 Å². The molecule has 120 valence electrons. The number of fused-ring (bicyclic) bond motifs is 1. The van der Waals surface area contributed by atoms with E-state index in [4.69, 9.17) is 0 Å². The van der Waals surface area contributed by atoms with Gasteiger partial charge in [0, 0.05) is 38.4 Å². The SMILES string of the molecule is OC1c2ccccc2CC1N1CCCN(c2cccnn2)CC1. The van der Waals surface area contributed by atoms with E-state index in [1.165, 1.54) is 5.56 Å². The summed E-state index contributed by atoms with van der Waals surface area (Å²) in [6.07, 6.45) is 3.37. The molecule has 1 saturated heterocycles. The maximum atomic E-state index is 10.7. The molecule has 4 rings (SSSR count). The van der Waals surface area contributed by atoms with Crippen LogP contribution in [-0.2, 0) is 6.42 Å². The van der Waals surface area contributed by atoms with E-state index in [-0.39, 0.29) is 12.1 Å². The third-order valence-corrected chi connectivity index (χ3v) is 5.05. The molecule has 2 atom stereocenters. The molecule has 5 heteroatoms. The van der Waals surface area contributed by atoms with Gasteiger partial charge in [-0.05, 0) is 36.1 Å². The van der Waals surface area contributed by atoms with Crippen molar-refractivity contribution in [2.75, 3.05) is 31.1 Å². The van der Waals surface area contributed by atoms with Crippen LogP contribution in [0.2, 0.25) is 0 Å². The summed E-state index contributed by atoms with van der Waals surface area (Å²) in [5.74, 6) is 0.949. The van der Waals surface area contributed by atoms with Gasteiger partial charge in [-0.3, -0.25) is 4.90 Å². The molecule has 0 bridgehead atoms. The van der Waals surface area contributed by atoms with Crippen LogP contribution in [0.4, 0.5) is 5.82 Å². The zero-order valence-corrected chi connectivity index (χ0v) is 13.2. The zero-order chi connectivity index (χ0) is 15.6. The molecule has 1 N–H and O–H groups in total. The first-order chi connectivity index (χ1) is 11.3. The third kappa shape index (κ3) is 2.82. The normalized spacial score (nSPS) is 25.2. The minimum Gasteiger partial charge on any atom is -0.387 e. The van der Waals surface area contributed by atoms with Crippen molar-refractivity contribution in [1.29, 1.82) is 0 Å². The second-order valence-corrected chi connectivity index (χ2v) is 6.37. The first kappa shape index (κ1) is 14.6. The number of hydrogen-bond acceptors (Lipinski definition) is 5. The second kappa shape index (κ2) is 6.26. The van der Waals surface area contributed by atoms with Gasteiger partial charge < -0.3 is 10.0 Å². The molecule has 1 fully saturated rings. The summed E-state index contributed by atoms with van der Waals surface area (Å²) in [6.45, 7) is 3.89. The fourth-order valence-electron chi connectivity index (χ4n) is 3.84. The molecule has 23 heavy (non-hydrogen) atoms. The molecule has 0 radical (unpaired) electrons. The number of aliphatic hydroxyl groups is 1. The van der Waals surface area contributed by atoms with E-state index in [1.54, 1.807) is 6.20 Å². The standard InChI is InChI=1S/C18H22N4O/c23-18-15-6-2-1-5-14(15)13-16(18)21-9-4-10-22(12-11-21)17-7-3-8-19-20-17/h1-3,5-8,16,18,23H,4,9-13H2. The Hall–Kier alpha value is -1.98. The Kier molecular flexibility index (Phi) is 3.97. The quantitative estimate of drug-likeness (QED) is 0.914. The van der Waals surface area contributed by atoms with E-state index in [0.29, 0.717) is 0 Å². The fourth-order valence-corrected chi connectivity index (χ4v) is 3.84. The number of benzene rings is 1.